The van der Waals surface area contributed by atoms with Crippen LogP contribution < -0.4 is 0 Å². The molecule has 1 heterocycles. The average molecular weight is 309 g/mol. The maximum absolute atomic E-state index is 12.1. The molecule has 0 saturated heterocycles. The molecule has 0 spiro atoms. The quantitative estimate of drug-likeness (QED) is 0.850. The highest BCUT2D eigenvalue weighted by Gasteiger charge is 2.13. The van der Waals surface area contributed by atoms with E-state index in [0.717, 1.165) is 17.8 Å². The first-order valence-electron chi connectivity index (χ1n) is 7.62. The Morgan fingerprint density at radius 2 is 1.83 bits per heavy atom. The topological polar surface area (TPSA) is 36.4 Å². The SMILES string of the molecule is C/C=C(/c1ccnc(C(=O)N(C)C)c1)N(C)Cc1ccccc1. The van der Waals surface area contributed by atoms with Gasteiger partial charge in [0, 0.05) is 45.1 Å². The summed E-state index contributed by atoms with van der Waals surface area (Å²) in [7, 11) is 5.51. The number of nitrogens with zero attached hydrogens (tertiary/aromatic N) is 3. The molecule has 0 N–H and O–H groups in total. The standard InChI is InChI=1S/C19H23N3O/c1-5-18(22(4)14-15-9-7-6-8-10-15)16-11-12-20-17(13-16)19(23)21(2)3/h5-13H,14H2,1-4H3/b18-5-. The number of hydrogen-bond acceptors (Lipinski definition) is 3. The number of aromatic nitrogens is 1. The van der Waals surface area contributed by atoms with Gasteiger partial charge in [-0.05, 0) is 24.6 Å². The van der Waals surface area contributed by atoms with Crippen molar-refractivity contribution in [1.82, 2.24) is 14.8 Å². The van der Waals surface area contributed by atoms with Gasteiger partial charge in [0.2, 0.25) is 0 Å². The number of amides is 1. The number of pyridine rings is 1. The summed E-state index contributed by atoms with van der Waals surface area (Å²) in [6.07, 6.45) is 3.74. The summed E-state index contributed by atoms with van der Waals surface area (Å²) < 4.78 is 0. The second kappa shape index (κ2) is 7.58. The van der Waals surface area contributed by atoms with Crippen LogP contribution in [0.15, 0.2) is 54.7 Å². The molecule has 0 atom stereocenters. The summed E-state index contributed by atoms with van der Waals surface area (Å²) in [5, 5.41) is 0. The van der Waals surface area contributed by atoms with Gasteiger partial charge in [0.05, 0.1) is 0 Å². The number of hydrogen-bond donors (Lipinski definition) is 0. The minimum atomic E-state index is -0.0898. The summed E-state index contributed by atoms with van der Waals surface area (Å²) in [4.78, 5) is 20.0. The zero-order valence-electron chi connectivity index (χ0n) is 14.2. The maximum atomic E-state index is 12.1. The Morgan fingerprint density at radius 1 is 1.13 bits per heavy atom. The van der Waals surface area contributed by atoms with E-state index in [-0.39, 0.29) is 5.91 Å². The van der Waals surface area contributed by atoms with E-state index in [1.54, 1.807) is 20.3 Å². The monoisotopic (exact) mass is 309 g/mol. The zero-order chi connectivity index (χ0) is 16.8. The normalized spacial score (nSPS) is 11.2. The van der Waals surface area contributed by atoms with Crippen LogP contribution in [0.25, 0.3) is 5.70 Å². The third kappa shape index (κ3) is 4.19. The number of allylic oxidation sites excluding steroid dienone is 1. The molecule has 23 heavy (non-hydrogen) atoms. The van der Waals surface area contributed by atoms with Crippen molar-refractivity contribution in [3.63, 3.8) is 0 Å². The third-order valence-electron chi connectivity index (χ3n) is 3.63. The van der Waals surface area contributed by atoms with E-state index in [9.17, 15) is 4.79 Å². The van der Waals surface area contributed by atoms with E-state index in [0.29, 0.717) is 5.69 Å². The molecule has 0 radical (unpaired) electrons. The number of rotatable bonds is 5. The fourth-order valence-electron chi connectivity index (χ4n) is 2.49. The Kier molecular flexibility index (Phi) is 5.52. The molecule has 0 aliphatic rings. The van der Waals surface area contributed by atoms with Crippen molar-refractivity contribution in [2.45, 2.75) is 13.5 Å². The highest BCUT2D eigenvalue weighted by atomic mass is 16.2. The summed E-state index contributed by atoms with van der Waals surface area (Å²) in [5.41, 5.74) is 3.77. The summed E-state index contributed by atoms with van der Waals surface area (Å²) in [5.74, 6) is -0.0898. The molecule has 0 aliphatic heterocycles. The molecule has 0 saturated carbocycles. The molecule has 0 bridgehead atoms. The number of carbonyl (C=O) groups excluding carboxylic acids is 1. The Balaban J connectivity index is 2.24. The second-order valence-corrected chi connectivity index (χ2v) is 5.64. The molecule has 0 unspecified atom stereocenters. The van der Waals surface area contributed by atoms with Gasteiger partial charge < -0.3 is 9.80 Å². The van der Waals surface area contributed by atoms with E-state index in [4.69, 9.17) is 0 Å². The first-order chi connectivity index (χ1) is 11.0. The highest BCUT2D eigenvalue weighted by Crippen LogP contribution is 2.20. The van der Waals surface area contributed by atoms with Crippen LogP contribution >= 0.6 is 0 Å². The van der Waals surface area contributed by atoms with Crippen LogP contribution in [0.2, 0.25) is 0 Å². The fourth-order valence-corrected chi connectivity index (χ4v) is 2.49. The number of carbonyl (C=O) groups is 1. The largest absolute Gasteiger partial charge is 0.370 e. The first-order valence-corrected chi connectivity index (χ1v) is 7.62. The van der Waals surface area contributed by atoms with Crippen LogP contribution in [0.1, 0.15) is 28.5 Å². The van der Waals surface area contributed by atoms with Crippen molar-refractivity contribution < 1.29 is 4.79 Å². The van der Waals surface area contributed by atoms with Crippen molar-refractivity contribution in [2.75, 3.05) is 21.1 Å². The molecular weight excluding hydrogens is 286 g/mol. The summed E-state index contributed by atoms with van der Waals surface area (Å²) >= 11 is 0. The van der Waals surface area contributed by atoms with Crippen LogP contribution in [0, 0.1) is 0 Å². The smallest absolute Gasteiger partial charge is 0.271 e. The molecule has 1 aromatic carbocycles. The van der Waals surface area contributed by atoms with E-state index in [1.165, 1.54) is 10.5 Å². The molecule has 4 nitrogen and oxygen atoms in total. The van der Waals surface area contributed by atoms with Gasteiger partial charge in [-0.3, -0.25) is 9.78 Å². The lowest BCUT2D eigenvalue weighted by Crippen LogP contribution is -2.23. The van der Waals surface area contributed by atoms with Crippen LogP contribution in [0.3, 0.4) is 0 Å². The number of benzene rings is 1. The highest BCUT2D eigenvalue weighted by molar-refractivity contribution is 5.92. The van der Waals surface area contributed by atoms with E-state index < -0.39 is 0 Å². The van der Waals surface area contributed by atoms with Gasteiger partial charge in [-0.2, -0.15) is 0 Å². The molecule has 1 aromatic heterocycles. The Hall–Kier alpha value is -2.62. The van der Waals surface area contributed by atoms with Crippen LogP contribution in [-0.4, -0.2) is 41.8 Å². The van der Waals surface area contributed by atoms with E-state index >= 15 is 0 Å². The predicted molar refractivity (Wildman–Crippen MR) is 93.8 cm³/mol. The van der Waals surface area contributed by atoms with Gasteiger partial charge in [-0.25, -0.2) is 0 Å². The van der Waals surface area contributed by atoms with E-state index in [1.807, 2.05) is 37.3 Å². The van der Waals surface area contributed by atoms with Gasteiger partial charge >= 0.3 is 0 Å². The molecular formula is C19H23N3O. The lowest BCUT2D eigenvalue weighted by Gasteiger charge is -2.23. The Bertz CT molecular complexity index is 693. The summed E-state index contributed by atoms with van der Waals surface area (Å²) in [6.45, 7) is 2.81. The molecule has 1 amide bonds. The molecule has 120 valence electrons. The molecule has 2 aromatic rings. The summed E-state index contributed by atoms with van der Waals surface area (Å²) in [6, 6.07) is 14.1. The maximum Gasteiger partial charge on any atom is 0.271 e. The van der Waals surface area contributed by atoms with Crippen LogP contribution in [-0.2, 0) is 6.54 Å². The Labute approximate surface area is 138 Å². The predicted octanol–water partition coefficient (Wildman–Crippen LogP) is 3.28. The molecule has 2 rings (SSSR count). The van der Waals surface area contributed by atoms with Crippen molar-refractivity contribution in [3.05, 3.63) is 71.6 Å². The average Bonchev–Trinajstić information content (AvgIpc) is 2.56. The minimum absolute atomic E-state index is 0.0898. The van der Waals surface area contributed by atoms with Gasteiger partial charge in [0.15, 0.2) is 0 Å². The zero-order valence-corrected chi connectivity index (χ0v) is 14.2. The van der Waals surface area contributed by atoms with Gasteiger partial charge in [-0.1, -0.05) is 36.4 Å². The molecule has 0 fully saturated rings. The van der Waals surface area contributed by atoms with Crippen molar-refractivity contribution >= 4 is 11.6 Å². The first kappa shape index (κ1) is 16.7. The van der Waals surface area contributed by atoms with Gasteiger partial charge in [0.25, 0.3) is 5.91 Å². The third-order valence-corrected chi connectivity index (χ3v) is 3.63. The lowest BCUT2D eigenvalue weighted by atomic mass is 10.1. The lowest BCUT2D eigenvalue weighted by molar-refractivity contribution is 0.0822. The second-order valence-electron chi connectivity index (χ2n) is 5.64. The van der Waals surface area contributed by atoms with Crippen LogP contribution in [0.5, 0.6) is 0 Å². The molecule has 0 aliphatic carbocycles. The Morgan fingerprint density at radius 3 is 2.43 bits per heavy atom. The van der Waals surface area contributed by atoms with Crippen LogP contribution in [0.4, 0.5) is 0 Å². The fraction of sp³-hybridized carbons (Fsp3) is 0.263. The van der Waals surface area contributed by atoms with Crippen molar-refractivity contribution in [1.29, 1.82) is 0 Å². The van der Waals surface area contributed by atoms with E-state index in [2.05, 4.69) is 35.1 Å². The van der Waals surface area contributed by atoms with Crippen molar-refractivity contribution in [3.8, 4) is 0 Å². The van der Waals surface area contributed by atoms with Gasteiger partial charge in [-0.15, -0.1) is 0 Å². The molecule has 4 heteroatoms. The van der Waals surface area contributed by atoms with Crippen molar-refractivity contribution in [2.24, 2.45) is 0 Å². The van der Waals surface area contributed by atoms with Gasteiger partial charge in [0.1, 0.15) is 5.69 Å². The minimum Gasteiger partial charge on any atom is -0.370 e.